The third-order valence-corrected chi connectivity index (χ3v) is 6.00. The maximum absolute atomic E-state index is 13.6. The van der Waals surface area contributed by atoms with Gasteiger partial charge in [-0.3, -0.25) is 24.3 Å². The Morgan fingerprint density at radius 2 is 1.71 bits per heavy atom. The number of methoxy groups -OCH3 is 1. The number of benzene rings is 2. The molecule has 0 unspecified atom stereocenters. The minimum absolute atomic E-state index is 0.00706. The number of aliphatic imine (C=N–C) groups is 1. The summed E-state index contributed by atoms with van der Waals surface area (Å²) in [4.78, 5) is 46.1. The molecule has 2 aliphatic rings. The number of anilines is 1. The second kappa shape index (κ2) is 8.84. The van der Waals surface area contributed by atoms with E-state index in [9.17, 15) is 14.4 Å². The van der Waals surface area contributed by atoms with Gasteiger partial charge < -0.3 is 4.74 Å². The van der Waals surface area contributed by atoms with Gasteiger partial charge >= 0.3 is 0 Å². The van der Waals surface area contributed by atoms with E-state index in [1.54, 1.807) is 55.6 Å². The number of carbonyl (C=O) groups is 3. The number of ether oxygens (including phenoxy) is 1. The van der Waals surface area contributed by atoms with Gasteiger partial charge in [0.05, 0.1) is 13.2 Å². The first kappa shape index (κ1) is 21.0. The molecule has 1 saturated carbocycles. The molecule has 1 atom stereocenters. The molecule has 31 heavy (non-hydrogen) atoms. The third-order valence-electron chi connectivity index (χ3n) is 6.00. The molecule has 0 aliphatic heterocycles. The Hall–Kier alpha value is -3.28. The summed E-state index contributed by atoms with van der Waals surface area (Å²) in [6, 6.07) is 12.6. The Kier molecular flexibility index (Phi) is 5.98. The van der Waals surface area contributed by atoms with Crippen molar-refractivity contribution >= 4 is 28.9 Å². The van der Waals surface area contributed by atoms with Crippen molar-refractivity contribution in [3.05, 3.63) is 59.7 Å². The number of carbonyl (C=O) groups excluding carboxylic acids is 3. The zero-order valence-electron chi connectivity index (χ0n) is 17.8. The molecule has 0 radical (unpaired) electrons. The number of fused-ring (bicyclic) bond motifs is 1. The van der Waals surface area contributed by atoms with E-state index in [2.05, 4.69) is 0 Å². The van der Waals surface area contributed by atoms with Crippen molar-refractivity contribution in [3.63, 3.8) is 0 Å². The lowest BCUT2D eigenvalue weighted by Crippen LogP contribution is -2.55. The van der Waals surface area contributed by atoms with Gasteiger partial charge in [0.2, 0.25) is 11.7 Å². The van der Waals surface area contributed by atoms with E-state index >= 15 is 0 Å². The average molecular weight is 418 g/mol. The summed E-state index contributed by atoms with van der Waals surface area (Å²) >= 11 is 0. The number of amides is 1. The Balaban J connectivity index is 1.87. The van der Waals surface area contributed by atoms with Crippen molar-refractivity contribution in [2.75, 3.05) is 12.0 Å². The first-order chi connectivity index (χ1) is 15.0. The van der Waals surface area contributed by atoms with E-state index in [0.29, 0.717) is 22.6 Å². The highest BCUT2D eigenvalue weighted by Gasteiger charge is 2.43. The van der Waals surface area contributed by atoms with Gasteiger partial charge in [0.1, 0.15) is 17.5 Å². The summed E-state index contributed by atoms with van der Waals surface area (Å²) in [7, 11) is 1.54. The predicted molar refractivity (Wildman–Crippen MR) is 119 cm³/mol. The Morgan fingerprint density at radius 3 is 2.39 bits per heavy atom. The van der Waals surface area contributed by atoms with Crippen LogP contribution in [0.25, 0.3) is 0 Å². The summed E-state index contributed by atoms with van der Waals surface area (Å²) in [6.45, 7) is 1.40. The normalized spacial score (nSPS) is 20.5. The molecule has 4 rings (SSSR count). The van der Waals surface area contributed by atoms with Gasteiger partial charge in [-0.2, -0.15) is 0 Å². The number of hydrogen-bond acceptors (Lipinski definition) is 5. The molecule has 0 N–H and O–H groups in total. The standard InChI is InChI=1S/C25H26N2O4/c1-16(28)27(18-11-8-12-19(15-18)31-2)23-22(26-17-9-4-3-5-10-17)24(29)20-13-6-7-14-21(20)25(23)30/h6-8,11-15,17,23H,3-5,9-10H2,1-2H3/t23-/m1/s1. The van der Waals surface area contributed by atoms with Gasteiger partial charge in [-0.15, -0.1) is 0 Å². The SMILES string of the molecule is COc1cccc(N(C(C)=O)[C@H]2C(=O)c3ccccc3C(=O)C2=NC2CCCCC2)c1. The molecular weight excluding hydrogens is 392 g/mol. The molecule has 0 saturated heterocycles. The minimum atomic E-state index is -1.09. The second-order valence-corrected chi connectivity index (χ2v) is 8.04. The number of rotatable bonds is 4. The van der Waals surface area contributed by atoms with Crippen LogP contribution in [0.4, 0.5) is 5.69 Å². The van der Waals surface area contributed by atoms with Gasteiger partial charge in [-0.25, -0.2) is 0 Å². The highest BCUT2D eigenvalue weighted by atomic mass is 16.5. The van der Waals surface area contributed by atoms with E-state index in [-0.39, 0.29) is 29.2 Å². The highest BCUT2D eigenvalue weighted by molar-refractivity contribution is 6.56. The molecule has 0 aromatic heterocycles. The fourth-order valence-electron chi connectivity index (χ4n) is 4.48. The van der Waals surface area contributed by atoms with Crippen LogP contribution in [-0.4, -0.2) is 42.4 Å². The fraction of sp³-hybridized carbons (Fsp3) is 0.360. The summed E-state index contributed by atoms with van der Waals surface area (Å²) in [5.74, 6) is -0.345. The van der Waals surface area contributed by atoms with E-state index in [0.717, 1.165) is 32.1 Å². The van der Waals surface area contributed by atoms with E-state index < -0.39 is 6.04 Å². The fourth-order valence-corrected chi connectivity index (χ4v) is 4.48. The molecule has 6 nitrogen and oxygen atoms in total. The summed E-state index contributed by atoms with van der Waals surface area (Å²) < 4.78 is 5.30. The van der Waals surface area contributed by atoms with Crippen LogP contribution < -0.4 is 9.64 Å². The Bertz CT molecular complexity index is 1050. The molecule has 2 aromatic carbocycles. The number of nitrogens with zero attached hydrogens (tertiary/aromatic N) is 2. The monoisotopic (exact) mass is 418 g/mol. The summed E-state index contributed by atoms with van der Waals surface area (Å²) in [5, 5.41) is 0. The first-order valence-electron chi connectivity index (χ1n) is 10.7. The van der Waals surface area contributed by atoms with Crippen LogP contribution in [0.5, 0.6) is 5.75 Å². The van der Waals surface area contributed by atoms with Crippen molar-refractivity contribution in [2.24, 2.45) is 4.99 Å². The molecule has 0 bridgehead atoms. The van der Waals surface area contributed by atoms with Crippen LogP contribution in [-0.2, 0) is 4.79 Å². The van der Waals surface area contributed by atoms with Crippen molar-refractivity contribution in [3.8, 4) is 5.75 Å². The molecule has 1 fully saturated rings. The molecule has 6 heteroatoms. The van der Waals surface area contributed by atoms with Crippen LogP contribution in [0.1, 0.15) is 59.7 Å². The summed E-state index contributed by atoms with van der Waals surface area (Å²) in [5.41, 5.74) is 1.34. The molecule has 0 heterocycles. The largest absolute Gasteiger partial charge is 0.497 e. The van der Waals surface area contributed by atoms with E-state index in [1.165, 1.54) is 11.8 Å². The summed E-state index contributed by atoms with van der Waals surface area (Å²) in [6.07, 6.45) is 5.04. The Labute approximate surface area is 181 Å². The van der Waals surface area contributed by atoms with Crippen LogP contribution in [0.2, 0.25) is 0 Å². The molecular formula is C25H26N2O4. The van der Waals surface area contributed by atoms with Crippen LogP contribution >= 0.6 is 0 Å². The molecule has 2 aliphatic carbocycles. The lowest BCUT2D eigenvalue weighted by molar-refractivity contribution is -0.116. The van der Waals surface area contributed by atoms with Crippen LogP contribution in [0.3, 0.4) is 0 Å². The highest BCUT2D eigenvalue weighted by Crippen LogP contribution is 2.31. The van der Waals surface area contributed by atoms with Crippen molar-refractivity contribution < 1.29 is 19.1 Å². The zero-order valence-corrected chi connectivity index (χ0v) is 17.8. The number of ketones is 2. The molecule has 160 valence electrons. The van der Waals surface area contributed by atoms with Gasteiger partial charge in [0.15, 0.2) is 5.78 Å². The van der Waals surface area contributed by atoms with Crippen molar-refractivity contribution in [1.29, 1.82) is 0 Å². The topological polar surface area (TPSA) is 76.0 Å². The van der Waals surface area contributed by atoms with Crippen molar-refractivity contribution in [2.45, 2.75) is 51.1 Å². The number of hydrogen-bond donors (Lipinski definition) is 0. The third kappa shape index (κ3) is 4.02. The number of Topliss-reactive ketones (excluding diaryl/α,β-unsaturated/α-hetero) is 2. The predicted octanol–water partition coefficient (Wildman–Crippen LogP) is 4.27. The smallest absolute Gasteiger partial charge is 0.224 e. The maximum atomic E-state index is 13.6. The zero-order chi connectivity index (χ0) is 22.0. The quantitative estimate of drug-likeness (QED) is 0.743. The first-order valence-corrected chi connectivity index (χ1v) is 10.7. The van der Waals surface area contributed by atoms with Gasteiger partial charge in [-0.1, -0.05) is 49.6 Å². The van der Waals surface area contributed by atoms with Crippen molar-refractivity contribution in [1.82, 2.24) is 0 Å². The second-order valence-electron chi connectivity index (χ2n) is 8.04. The van der Waals surface area contributed by atoms with Crippen LogP contribution in [0, 0.1) is 0 Å². The lowest BCUT2D eigenvalue weighted by atomic mass is 9.83. The van der Waals surface area contributed by atoms with E-state index in [1.807, 2.05) is 0 Å². The Morgan fingerprint density at radius 1 is 1.00 bits per heavy atom. The van der Waals surface area contributed by atoms with Gasteiger partial charge in [0, 0.05) is 29.8 Å². The van der Waals surface area contributed by atoms with Gasteiger partial charge in [-0.05, 0) is 25.0 Å². The lowest BCUT2D eigenvalue weighted by Gasteiger charge is -2.34. The van der Waals surface area contributed by atoms with E-state index in [4.69, 9.17) is 9.73 Å². The van der Waals surface area contributed by atoms with Crippen LogP contribution in [0.15, 0.2) is 53.5 Å². The molecule has 1 amide bonds. The molecule has 2 aromatic rings. The maximum Gasteiger partial charge on any atom is 0.224 e. The average Bonchev–Trinajstić information content (AvgIpc) is 2.80. The van der Waals surface area contributed by atoms with Gasteiger partial charge in [0.25, 0.3) is 0 Å². The minimum Gasteiger partial charge on any atom is -0.497 e. The molecule has 0 spiro atoms.